The molecule has 24 heavy (non-hydrogen) atoms. The topological polar surface area (TPSA) is 95.9 Å². The fraction of sp³-hybridized carbons (Fsp3) is 0.438. The third kappa shape index (κ3) is 4.25. The average molecular weight is 399 g/mol. The standard InChI is InChI=1S/C16H19BrN2O5/c1-9-5-10(14(20)21)8-19(7-9)16(23)18-13-4-3-11(17)6-12(13)15(22)24-2/h3-4,6,9-10H,5,7-8H2,1-2H3,(H,18,23)(H,20,21). The summed E-state index contributed by atoms with van der Waals surface area (Å²) >= 11 is 3.27. The number of hydrogen-bond donors (Lipinski definition) is 2. The lowest BCUT2D eigenvalue weighted by molar-refractivity contribution is -0.143. The maximum Gasteiger partial charge on any atom is 0.340 e. The van der Waals surface area contributed by atoms with E-state index in [1.807, 2.05) is 6.92 Å². The molecule has 2 rings (SSSR count). The molecule has 0 saturated carbocycles. The van der Waals surface area contributed by atoms with Crippen molar-refractivity contribution in [2.75, 3.05) is 25.5 Å². The SMILES string of the molecule is COC(=O)c1cc(Br)ccc1NC(=O)N1CC(C)CC(C(=O)O)C1. The molecule has 2 N–H and O–H groups in total. The Hall–Kier alpha value is -2.09. The number of benzene rings is 1. The molecular formula is C16H19BrN2O5. The second-order valence-electron chi connectivity index (χ2n) is 5.89. The van der Waals surface area contributed by atoms with Gasteiger partial charge in [0.2, 0.25) is 0 Å². The Morgan fingerprint density at radius 3 is 2.67 bits per heavy atom. The van der Waals surface area contributed by atoms with E-state index in [0.29, 0.717) is 23.1 Å². The van der Waals surface area contributed by atoms with Gasteiger partial charge in [-0.05, 0) is 30.5 Å². The Kier molecular flexibility index (Phi) is 5.82. The van der Waals surface area contributed by atoms with Gasteiger partial charge in [0.15, 0.2) is 0 Å². The monoisotopic (exact) mass is 398 g/mol. The molecule has 0 bridgehead atoms. The van der Waals surface area contributed by atoms with Crippen LogP contribution in [0.25, 0.3) is 0 Å². The van der Waals surface area contributed by atoms with Crippen molar-refractivity contribution < 1.29 is 24.2 Å². The van der Waals surface area contributed by atoms with Gasteiger partial charge in [-0.25, -0.2) is 9.59 Å². The Bertz CT molecular complexity index is 664. The number of carbonyl (C=O) groups is 3. The largest absolute Gasteiger partial charge is 0.481 e. The first-order valence-electron chi connectivity index (χ1n) is 7.48. The van der Waals surface area contributed by atoms with Gasteiger partial charge >= 0.3 is 18.0 Å². The zero-order valence-corrected chi connectivity index (χ0v) is 15.0. The van der Waals surface area contributed by atoms with E-state index < -0.39 is 23.9 Å². The molecule has 1 heterocycles. The highest BCUT2D eigenvalue weighted by Crippen LogP contribution is 2.25. The van der Waals surface area contributed by atoms with Crippen LogP contribution in [0.5, 0.6) is 0 Å². The van der Waals surface area contributed by atoms with Crippen LogP contribution in [0.2, 0.25) is 0 Å². The molecule has 0 aliphatic carbocycles. The lowest BCUT2D eigenvalue weighted by Crippen LogP contribution is -2.47. The number of nitrogens with one attached hydrogen (secondary N) is 1. The molecule has 7 nitrogen and oxygen atoms in total. The number of likely N-dealkylation sites (tertiary alicyclic amines) is 1. The molecule has 2 atom stereocenters. The Labute approximate surface area is 148 Å². The van der Waals surface area contributed by atoms with Crippen molar-refractivity contribution in [3.05, 3.63) is 28.2 Å². The van der Waals surface area contributed by atoms with Crippen molar-refractivity contribution in [2.45, 2.75) is 13.3 Å². The minimum atomic E-state index is -0.904. The van der Waals surface area contributed by atoms with Gasteiger partial charge in [-0.15, -0.1) is 0 Å². The summed E-state index contributed by atoms with van der Waals surface area (Å²) in [6, 6.07) is 4.41. The quantitative estimate of drug-likeness (QED) is 0.763. The predicted molar refractivity (Wildman–Crippen MR) is 91.0 cm³/mol. The number of aliphatic carboxylic acids is 1. The number of carbonyl (C=O) groups excluding carboxylic acids is 2. The fourth-order valence-corrected chi connectivity index (χ4v) is 3.16. The highest BCUT2D eigenvalue weighted by molar-refractivity contribution is 9.10. The number of carboxylic acid groups (broad SMARTS) is 1. The third-order valence-electron chi connectivity index (χ3n) is 3.92. The van der Waals surface area contributed by atoms with Crippen molar-refractivity contribution in [3.63, 3.8) is 0 Å². The van der Waals surface area contributed by atoms with Gasteiger partial charge < -0.3 is 20.1 Å². The second kappa shape index (κ2) is 7.65. The lowest BCUT2D eigenvalue weighted by atomic mass is 9.91. The van der Waals surface area contributed by atoms with Crippen molar-refractivity contribution >= 4 is 39.6 Å². The number of rotatable bonds is 3. The van der Waals surface area contributed by atoms with E-state index in [4.69, 9.17) is 4.74 Å². The van der Waals surface area contributed by atoms with E-state index in [-0.39, 0.29) is 18.0 Å². The Morgan fingerprint density at radius 1 is 1.33 bits per heavy atom. The van der Waals surface area contributed by atoms with Gasteiger partial charge in [0, 0.05) is 17.6 Å². The average Bonchev–Trinajstić information content (AvgIpc) is 2.55. The maximum absolute atomic E-state index is 12.5. The molecule has 1 aliphatic heterocycles. The van der Waals surface area contributed by atoms with E-state index >= 15 is 0 Å². The third-order valence-corrected chi connectivity index (χ3v) is 4.42. The van der Waals surface area contributed by atoms with Crippen molar-refractivity contribution in [1.82, 2.24) is 4.90 Å². The van der Waals surface area contributed by atoms with Gasteiger partial charge in [-0.3, -0.25) is 4.79 Å². The van der Waals surface area contributed by atoms with E-state index in [1.54, 1.807) is 18.2 Å². The normalized spacial score (nSPS) is 20.4. The number of halogens is 1. The summed E-state index contributed by atoms with van der Waals surface area (Å²) in [7, 11) is 1.26. The number of carboxylic acids is 1. The van der Waals surface area contributed by atoms with Crippen LogP contribution in [-0.2, 0) is 9.53 Å². The summed E-state index contributed by atoms with van der Waals surface area (Å²) < 4.78 is 5.40. The molecule has 130 valence electrons. The van der Waals surface area contributed by atoms with Crippen LogP contribution in [0.3, 0.4) is 0 Å². The summed E-state index contributed by atoms with van der Waals surface area (Å²) in [5, 5.41) is 11.9. The minimum Gasteiger partial charge on any atom is -0.481 e. The first kappa shape index (κ1) is 18.3. The fourth-order valence-electron chi connectivity index (χ4n) is 2.79. The molecule has 8 heteroatoms. The maximum atomic E-state index is 12.5. The van der Waals surface area contributed by atoms with Crippen LogP contribution >= 0.6 is 15.9 Å². The van der Waals surface area contributed by atoms with Crippen molar-refractivity contribution in [1.29, 1.82) is 0 Å². The highest BCUT2D eigenvalue weighted by atomic mass is 79.9. The Balaban J connectivity index is 2.17. The molecule has 2 amide bonds. The molecule has 1 fully saturated rings. The zero-order chi connectivity index (χ0) is 17.9. The lowest BCUT2D eigenvalue weighted by Gasteiger charge is -2.34. The zero-order valence-electron chi connectivity index (χ0n) is 13.4. The van der Waals surface area contributed by atoms with Crippen LogP contribution in [0.15, 0.2) is 22.7 Å². The van der Waals surface area contributed by atoms with Crippen LogP contribution in [0.4, 0.5) is 10.5 Å². The minimum absolute atomic E-state index is 0.0931. The van der Waals surface area contributed by atoms with E-state index in [9.17, 15) is 19.5 Å². The number of nitrogens with zero attached hydrogens (tertiary/aromatic N) is 1. The second-order valence-corrected chi connectivity index (χ2v) is 6.81. The highest BCUT2D eigenvalue weighted by Gasteiger charge is 2.32. The molecule has 1 aliphatic rings. The number of hydrogen-bond acceptors (Lipinski definition) is 4. The molecule has 1 aromatic rings. The molecule has 0 radical (unpaired) electrons. The van der Waals surface area contributed by atoms with Crippen molar-refractivity contribution in [3.8, 4) is 0 Å². The van der Waals surface area contributed by atoms with E-state index in [1.165, 1.54) is 12.0 Å². The van der Waals surface area contributed by atoms with Gasteiger partial charge in [-0.2, -0.15) is 0 Å². The molecule has 2 unspecified atom stereocenters. The number of ether oxygens (including phenoxy) is 1. The van der Waals surface area contributed by atoms with E-state index in [0.717, 1.165) is 0 Å². The van der Waals surface area contributed by atoms with Crippen LogP contribution in [0.1, 0.15) is 23.7 Å². The molecule has 1 saturated heterocycles. The van der Waals surface area contributed by atoms with Crippen LogP contribution in [-0.4, -0.2) is 48.2 Å². The summed E-state index contributed by atoms with van der Waals surface area (Å²) in [5.41, 5.74) is 0.542. The molecular weight excluding hydrogens is 380 g/mol. The predicted octanol–water partition coefficient (Wildman–Crippen LogP) is 2.81. The summed E-state index contributed by atoms with van der Waals surface area (Å²) in [6.45, 7) is 2.53. The number of esters is 1. The number of methoxy groups -OCH3 is 1. The van der Waals surface area contributed by atoms with Crippen molar-refractivity contribution in [2.24, 2.45) is 11.8 Å². The van der Waals surface area contributed by atoms with Crippen LogP contribution < -0.4 is 5.32 Å². The van der Waals surface area contributed by atoms with E-state index in [2.05, 4.69) is 21.2 Å². The van der Waals surface area contributed by atoms with Gasteiger partial charge in [0.25, 0.3) is 0 Å². The summed E-state index contributed by atoms with van der Waals surface area (Å²) in [4.78, 5) is 37.0. The number of urea groups is 1. The number of anilines is 1. The molecule has 1 aromatic carbocycles. The summed E-state index contributed by atoms with van der Waals surface area (Å²) in [5.74, 6) is -1.96. The summed E-state index contributed by atoms with van der Waals surface area (Å²) in [6.07, 6.45) is 0.546. The molecule has 0 spiro atoms. The molecule has 0 aromatic heterocycles. The van der Waals surface area contributed by atoms with Crippen LogP contribution in [0, 0.1) is 11.8 Å². The first-order valence-corrected chi connectivity index (χ1v) is 8.27. The van der Waals surface area contributed by atoms with Gasteiger partial charge in [0.05, 0.1) is 24.3 Å². The number of piperidine rings is 1. The first-order chi connectivity index (χ1) is 11.3. The smallest absolute Gasteiger partial charge is 0.340 e. The Morgan fingerprint density at radius 2 is 2.04 bits per heavy atom. The van der Waals surface area contributed by atoms with Gasteiger partial charge in [0.1, 0.15) is 0 Å². The van der Waals surface area contributed by atoms with Gasteiger partial charge in [-0.1, -0.05) is 22.9 Å². The number of amides is 2.